The van der Waals surface area contributed by atoms with Gasteiger partial charge in [-0.2, -0.15) is 0 Å². The largest absolute Gasteiger partial charge is 0.497 e. The van der Waals surface area contributed by atoms with Gasteiger partial charge in [0, 0.05) is 24.7 Å². The van der Waals surface area contributed by atoms with Gasteiger partial charge in [0.25, 0.3) is 0 Å². The summed E-state index contributed by atoms with van der Waals surface area (Å²) in [6.45, 7) is 4.88. The van der Waals surface area contributed by atoms with Gasteiger partial charge in [-0.3, -0.25) is 4.79 Å². The average Bonchev–Trinajstić information content (AvgIpc) is 3.19. The van der Waals surface area contributed by atoms with Crippen molar-refractivity contribution in [1.82, 2.24) is 14.7 Å². The van der Waals surface area contributed by atoms with Crippen molar-refractivity contribution < 1.29 is 9.53 Å². The zero-order valence-electron chi connectivity index (χ0n) is 18.8. The quantitative estimate of drug-likeness (QED) is 0.411. The normalized spacial score (nSPS) is 11.1. The third-order valence-electron chi connectivity index (χ3n) is 5.48. The Hall–Kier alpha value is -3.60. The Bertz CT molecular complexity index is 1200. The molecule has 5 nitrogen and oxygen atoms in total. The maximum atomic E-state index is 12.4. The number of pyridine rings is 1. The SMILES string of the molecule is COc1ccc(-c2nc3ccc(-c4ccccc4)cn3c2CCC(=O)NCC(C)C)cc1. The van der Waals surface area contributed by atoms with Crippen LogP contribution in [-0.2, 0) is 11.2 Å². The minimum Gasteiger partial charge on any atom is -0.497 e. The molecule has 0 spiro atoms. The molecule has 2 aromatic heterocycles. The molecular weight excluding hydrogens is 398 g/mol. The van der Waals surface area contributed by atoms with Gasteiger partial charge < -0.3 is 14.5 Å². The number of nitrogens with one attached hydrogen (secondary N) is 1. The van der Waals surface area contributed by atoms with E-state index in [1.54, 1.807) is 7.11 Å². The summed E-state index contributed by atoms with van der Waals surface area (Å²) >= 11 is 0. The predicted octanol–water partition coefficient (Wildman–Crippen LogP) is 5.38. The van der Waals surface area contributed by atoms with E-state index in [2.05, 4.69) is 48.0 Å². The van der Waals surface area contributed by atoms with Crippen LogP contribution in [0.4, 0.5) is 0 Å². The molecule has 0 unspecified atom stereocenters. The van der Waals surface area contributed by atoms with E-state index in [0.29, 0.717) is 25.3 Å². The van der Waals surface area contributed by atoms with E-state index in [4.69, 9.17) is 9.72 Å². The molecule has 164 valence electrons. The molecule has 2 aromatic carbocycles. The van der Waals surface area contributed by atoms with Gasteiger partial charge in [0.1, 0.15) is 11.4 Å². The lowest BCUT2D eigenvalue weighted by atomic mass is 10.1. The molecule has 0 fully saturated rings. The van der Waals surface area contributed by atoms with Crippen molar-refractivity contribution in [2.75, 3.05) is 13.7 Å². The first-order valence-electron chi connectivity index (χ1n) is 11.0. The smallest absolute Gasteiger partial charge is 0.220 e. The lowest BCUT2D eigenvalue weighted by Crippen LogP contribution is -2.27. The van der Waals surface area contributed by atoms with Crippen LogP contribution < -0.4 is 10.1 Å². The number of aryl methyl sites for hydroxylation is 1. The fourth-order valence-electron chi connectivity index (χ4n) is 3.75. The number of aromatic nitrogens is 2. The molecule has 0 atom stereocenters. The monoisotopic (exact) mass is 427 g/mol. The van der Waals surface area contributed by atoms with E-state index in [9.17, 15) is 4.79 Å². The second kappa shape index (κ2) is 9.69. The van der Waals surface area contributed by atoms with Crippen molar-refractivity contribution >= 4 is 11.6 Å². The summed E-state index contributed by atoms with van der Waals surface area (Å²) in [6, 6.07) is 22.3. The number of carbonyl (C=O) groups is 1. The van der Waals surface area contributed by atoms with Gasteiger partial charge in [-0.1, -0.05) is 44.2 Å². The van der Waals surface area contributed by atoms with Crippen molar-refractivity contribution in [2.45, 2.75) is 26.7 Å². The highest BCUT2D eigenvalue weighted by molar-refractivity contribution is 5.77. The number of amides is 1. The molecule has 5 heteroatoms. The number of rotatable bonds is 8. The van der Waals surface area contributed by atoms with Crippen LogP contribution in [0.3, 0.4) is 0 Å². The molecule has 4 aromatic rings. The first-order chi connectivity index (χ1) is 15.5. The molecular formula is C27H29N3O2. The summed E-state index contributed by atoms with van der Waals surface area (Å²) in [6.07, 6.45) is 3.13. The summed E-state index contributed by atoms with van der Waals surface area (Å²) in [5.41, 5.74) is 6.07. The summed E-state index contributed by atoms with van der Waals surface area (Å²) < 4.78 is 7.43. The fourth-order valence-corrected chi connectivity index (χ4v) is 3.75. The van der Waals surface area contributed by atoms with Crippen LogP contribution >= 0.6 is 0 Å². The highest BCUT2D eigenvalue weighted by Crippen LogP contribution is 2.29. The minimum atomic E-state index is 0.0635. The zero-order chi connectivity index (χ0) is 22.5. The zero-order valence-corrected chi connectivity index (χ0v) is 18.8. The summed E-state index contributed by atoms with van der Waals surface area (Å²) in [4.78, 5) is 17.4. The van der Waals surface area contributed by atoms with Crippen molar-refractivity contribution in [3.05, 3.63) is 78.6 Å². The number of benzene rings is 2. The summed E-state index contributed by atoms with van der Waals surface area (Å²) in [5.74, 6) is 1.30. The molecule has 0 saturated heterocycles. The van der Waals surface area contributed by atoms with E-state index in [-0.39, 0.29) is 5.91 Å². The van der Waals surface area contributed by atoms with Gasteiger partial charge in [-0.15, -0.1) is 0 Å². The van der Waals surface area contributed by atoms with Crippen molar-refractivity contribution in [1.29, 1.82) is 0 Å². The standard InChI is InChI=1S/C27H29N3O2/c1-19(2)17-28-26(31)16-14-24-27(21-9-12-23(32-3)13-10-21)29-25-15-11-22(18-30(24)25)20-7-5-4-6-8-20/h4-13,15,18-19H,14,16-17H2,1-3H3,(H,28,31). The maximum absolute atomic E-state index is 12.4. The number of ether oxygens (including phenoxy) is 1. The maximum Gasteiger partial charge on any atom is 0.220 e. The Kier molecular flexibility index (Phi) is 6.55. The Morgan fingerprint density at radius 3 is 2.38 bits per heavy atom. The highest BCUT2D eigenvalue weighted by Gasteiger charge is 2.16. The number of carbonyl (C=O) groups excluding carboxylic acids is 1. The van der Waals surface area contributed by atoms with Crippen molar-refractivity contribution in [3.8, 4) is 28.1 Å². The van der Waals surface area contributed by atoms with Crippen LogP contribution in [0.25, 0.3) is 28.0 Å². The molecule has 1 amide bonds. The van der Waals surface area contributed by atoms with Gasteiger partial charge in [0.2, 0.25) is 5.91 Å². The second-order valence-electron chi connectivity index (χ2n) is 8.35. The molecule has 4 rings (SSSR count). The number of methoxy groups -OCH3 is 1. The van der Waals surface area contributed by atoms with Crippen molar-refractivity contribution in [3.63, 3.8) is 0 Å². The number of fused-ring (bicyclic) bond motifs is 1. The van der Waals surface area contributed by atoms with Crippen LogP contribution in [0.1, 0.15) is 26.0 Å². The number of nitrogens with zero attached hydrogens (tertiary/aromatic N) is 2. The molecule has 0 aliphatic rings. The Labute approximate surface area is 189 Å². The molecule has 0 saturated carbocycles. The molecule has 0 aliphatic carbocycles. The average molecular weight is 428 g/mol. The van der Waals surface area contributed by atoms with E-state index >= 15 is 0 Å². The highest BCUT2D eigenvalue weighted by atomic mass is 16.5. The van der Waals surface area contributed by atoms with Gasteiger partial charge in [-0.05, 0) is 59.9 Å². The molecule has 0 bridgehead atoms. The topological polar surface area (TPSA) is 55.6 Å². The van der Waals surface area contributed by atoms with Gasteiger partial charge in [0.15, 0.2) is 0 Å². The molecule has 2 heterocycles. The van der Waals surface area contributed by atoms with Gasteiger partial charge in [-0.25, -0.2) is 4.98 Å². The molecule has 32 heavy (non-hydrogen) atoms. The molecule has 0 radical (unpaired) electrons. The van der Waals surface area contributed by atoms with Crippen LogP contribution in [0.5, 0.6) is 5.75 Å². The lowest BCUT2D eigenvalue weighted by molar-refractivity contribution is -0.121. The molecule has 1 N–H and O–H groups in total. The summed E-state index contributed by atoms with van der Waals surface area (Å²) in [7, 11) is 1.66. The van der Waals surface area contributed by atoms with E-state index in [1.807, 2.05) is 48.5 Å². The number of hydrogen-bond acceptors (Lipinski definition) is 3. The number of hydrogen-bond donors (Lipinski definition) is 1. The second-order valence-corrected chi connectivity index (χ2v) is 8.35. The van der Waals surface area contributed by atoms with Crippen LogP contribution in [0.2, 0.25) is 0 Å². The first kappa shape index (κ1) is 21.6. The fraction of sp³-hybridized carbons (Fsp3) is 0.259. The third kappa shape index (κ3) is 4.83. The Morgan fingerprint density at radius 2 is 1.69 bits per heavy atom. The predicted molar refractivity (Wildman–Crippen MR) is 129 cm³/mol. The van der Waals surface area contributed by atoms with Crippen molar-refractivity contribution in [2.24, 2.45) is 5.92 Å². The third-order valence-corrected chi connectivity index (χ3v) is 5.48. The summed E-state index contributed by atoms with van der Waals surface area (Å²) in [5, 5.41) is 3.02. The van der Waals surface area contributed by atoms with Crippen LogP contribution in [0.15, 0.2) is 72.9 Å². The van der Waals surface area contributed by atoms with Gasteiger partial charge in [0.05, 0.1) is 18.5 Å². The Morgan fingerprint density at radius 1 is 0.969 bits per heavy atom. The van der Waals surface area contributed by atoms with Crippen LogP contribution in [-0.4, -0.2) is 28.9 Å². The van der Waals surface area contributed by atoms with E-state index in [0.717, 1.165) is 39.5 Å². The minimum absolute atomic E-state index is 0.0635. The lowest BCUT2D eigenvalue weighted by Gasteiger charge is -2.10. The van der Waals surface area contributed by atoms with Crippen LogP contribution in [0, 0.1) is 5.92 Å². The van der Waals surface area contributed by atoms with E-state index < -0.39 is 0 Å². The molecule has 0 aliphatic heterocycles. The van der Waals surface area contributed by atoms with E-state index in [1.165, 1.54) is 0 Å². The number of imidazole rings is 1. The van der Waals surface area contributed by atoms with Gasteiger partial charge >= 0.3 is 0 Å². The first-order valence-corrected chi connectivity index (χ1v) is 11.0. The Balaban J connectivity index is 1.73.